The Labute approximate surface area is 175 Å². The van der Waals surface area contributed by atoms with Gasteiger partial charge in [0.2, 0.25) is 0 Å². The van der Waals surface area contributed by atoms with E-state index in [1.165, 1.54) is 5.69 Å². The molecule has 0 amide bonds. The number of aliphatic imine (C=N–C) groups is 1. The first kappa shape index (κ1) is 23.0. The van der Waals surface area contributed by atoms with Crippen LogP contribution in [0, 0.1) is 0 Å². The molecule has 0 aliphatic carbocycles. The summed E-state index contributed by atoms with van der Waals surface area (Å²) in [7, 11) is 3.52. The summed E-state index contributed by atoms with van der Waals surface area (Å²) in [6.45, 7) is 9.29. The van der Waals surface area contributed by atoms with Crippen molar-refractivity contribution in [3.05, 3.63) is 30.3 Å². The van der Waals surface area contributed by atoms with Crippen molar-refractivity contribution in [3.8, 4) is 0 Å². The summed E-state index contributed by atoms with van der Waals surface area (Å²) in [4.78, 5) is 9.27. The number of benzene rings is 1. The summed E-state index contributed by atoms with van der Waals surface area (Å²) >= 11 is 0. The number of rotatable bonds is 8. The molecule has 0 spiro atoms. The molecular formula is C19H34IN5O. The number of hydrogen-bond donors (Lipinski definition) is 2. The van der Waals surface area contributed by atoms with E-state index in [9.17, 15) is 0 Å². The van der Waals surface area contributed by atoms with Crippen LogP contribution in [0.2, 0.25) is 0 Å². The number of hydrogen-bond acceptors (Lipinski definition) is 4. The molecule has 1 aromatic carbocycles. The van der Waals surface area contributed by atoms with Gasteiger partial charge in [-0.1, -0.05) is 18.2 Å². The molecule has 1 aliphatic rings. The van der Waals surface area contributed by atoms with Crippen molar-refractivity contribution in [2.24, 2.45) is 4.99 Å². The number of nitrogens with zero attached hydrogens (tertiary/aromatic N) is 3. The van der Waals surface area contributed by atoms with Gasteiger partial charge in [0.15, 0.2) is 5.96 Å². The highest BCUT2D eigenvalue weighted by Crippen LogP contribution is 2.15. The largest absolute Gasteiger partial charge is 0.383 e. The van der Waals surface area contributed by atoms with Gasteiger partial charge in [-0.05, 0) is 32.0 Å². The second-order valence-corrected chi connectivity index (χ2v) is 6.52. The van der Waals surface area contributed by atoms with Gasteiger partial charge in [-0.2, -0.15) is 0 Å². The van der Waals surface area contributed by atoms with Crippen LogP contribution < -0.4 is 15.5 Å². The molecular weight excluding hydrogens is 441 g/mol. The fourth-order valence-corrected chi connectivity index (χ4v) is 3.10. The standard InChI is InChI=1S/C19H33N5O.HI/c1-17(16-25-3)22-19(20-2)21-10-7-11-23-12-14-24(15-13-23)18-8-5-4-6-9-18;/h4-6,8-9,17H,7,10-16H2,1-3H3,(H2,20,21,22);1H. The highest BCUT2D eigenvalue weighted by atomic mass is 127. The van der Waals surface area contributed by atoms with Gasteiger partial charge >= 0.3 is 0 Å². The van der Waals surface area contributed by atoms with Crippen LogP contribution in [0.3, 0.4) is 0 Å². The monoisotopic (exact) mass is 475 g/mol. The van der Waals surface area contributed by atoms with E-state index in [1.807, 2.05) is 0 Å². The van der Waals surface area contributed by atoms with Gasteiger partial charge in [0.25, 0.3) is 0 Å². The average molecular weight is 475 g/mol. The molecule has 26 heavy (non-hydrogen) atoms. The summed E-state index contributed by atoms with van der Waals surface area (Å²) < 4.78 is 5.14. The molecule has 1 atom stereocenters. The first-order valence-corrected chi connectivity index (χ1v) is 9.21. The van der Waals surface area contributed by atoms with Crippen molar-refractivity contribution in [3.63, 3.8) is 0 Å². The van der Waals surface area contributed by atoms with Gasteiger partial charge in [0, 0.05) is 58.6 Å². The molecule has 0 saturated carbocycles. The van der Waals surface area contributed by atoms with Crippen molar-refractivity contribution >= 4 is 35.6 Å². The lowest BCUT2D eigenvalue weighted by atomic mass is 10.2. The third kappa shape index (κ3) is 8.09. The lowest BCUT2D eigenvalue weighted by Crippen LogP contribution is -2.47. The number of anilines is 1. The Bertz CT molecular complexity index is 506. The Morgan fingerprint density at radius 2 is 1.88 bits per heavy atom. The van der Waals surface area contributed by atoms with Crippen molar-refractivity contribution in [2.75, 3.05) is 64.9 Å². The molecule has 6 nitrogen and oxygen atoms in total. The van der Waals surface area contributed by atoms with Crippen molar-refractivity contribution in [1.29, 1.82) is 0 Å². The number of ether oxygens (including phenoxy) is 1. The highest BCUT2D eigenvalue weighted by molar-refractivity contribution is 14.0. The molecule has 1 saturated heterocycles. The Kier molecular flexibility index (Phi) is 11.6. The first-order chi connectivity index (χ1) is 12.2. The molecule has 1 unspecified atom stereocenters. The number of halogens is 1. The fraction of sp³-hybridized carbons (Fsp3) is 0.632. The molecule has 0 aromatic heterocycles. The number of guanidine groups is 1. The lowest BCUT2D eigenvalue weighted by Gasteiger charge is -2.36. The smallest absolute Gasteiger partial charge is 0.191 e. The van der Waals surface area contributed by atoms with E-state index in [2.05, 4.69) is 62.7 Å². The van der Waals surface area contributed by atoms with Gasteiger partial charge in [0.05, 0.1) is 6.61 Å². The summed E-state index contributed by atoms with van der Waals surface area (Å²) in [6.07, 6.45) is 1.12. The Hall–Kier alpha value is -1.06. The second kappa shape index (κ2) is 13.2. The highest BCUT2D eigenvalue weighted by Gasteiger charge is 2.16. The number of nitrogens with one attached hydrogen (secondary N) is 2. The number of methoxy groups -OCH3 is 1. The van der Waals surface area contributed by atoms with E-state index in [1.54, 1.807) is 14.2 Å². The second-order valence-electron chi connectivity index (χ2n) is 6.52. The predicted molar refractivity (Wildman–Crippen MR) is 121 cm³/mol. The predicted octanol–water partition coefficient (Wildman–Crippen LogP) is 2.02. The van der Waals surface area contributed by atoms with Crippen LogP contribution in [0.5, 0.6) is 0 Å². The summed E-state index contributed by atoms with van der Waals surface area (Å²) in [5.74, 6) is 0.846. The Morgan fingerprint density at radius 3 is 2.50 bits per heavy atom. The van der Waals surface area contributed by atoms with E-state index in [-0.39, 0.29) is 30.0 Å². The summed E-state index contributed by atoms with van der Waals surface area (Å²) in [6, 6.07) is 10.9. The minimum Gasteiger partial charge on any atom is -0.383 e. The zero-order valence-corrected chi connectivity index (χ0v) is 18.6. The lowest BCUT2D eigenvalue weighted by molar-refractivity contribution is 0.179. The van der Waals surface area contributed by atoms with Crippen molar-refractivity contribution in [1.82, 2.24) is 15.5 Å². The maximum atomic E-state index is 5.14. The minimum absolute atomic E-state index is 0. The van der Waals surface area contributed by atoms with Crippen LogP contribution in [0.4, 0.5) is 5.69 Å². The molecule has 0 radical (unpaired) electrons. The number of para-hydroxylation sites is 1. The SMILES string of the molecule is CN=C(NCCCN1CCN(c2ccccc2)CC1)NC(C)COC.I. The molecule has 2 rings (SSSR count). The van der Waals surface area contributed by atoms with Crippen LogP contribution in [0.15, 0.2) is 35.3 Å². The van der Waals surface area contributed by atoms with Crippen LogP contribution in [-0.2, 0) is 4.74 Å². The van der Waals surface area contributed by atoms with E-state index in [4.69, 9.17) is 4.74 Å². The third-order valence-corrected chi connectivity index (χ3v) is 4.46. The summed E-state index contributed by atoms with van der Waals surface area (Å²) in [5.41, 5.74) is 1.34. The van der Waals surface area contributed by atoms with E-state index >= 15 is 0 Å². The molecule has 148 valence electrons. The van der Waals surface area contributed by atoms with Crippen molar-refractivity contribution in [2.45, 2.75) is 19.4 Å². The van der Waals surface area contributed by atoms with Crippen LogP contribution in [-0.4, -0.2) is 76.9 Å². The van der Waals surface area contributed by atoms with Gasteiger partial charge in [0.1, 0.15) is 0 Å². The Balaban J connectivity index is 0.00000338. The van der Waals surface area contributed by atoms with Crippen LogP contribution >= 0.6 is 24.0 Å². The maximum Gasteiger partial charge on any atom is 0.191 e. The van der Waals surface area contributed by atoms with Crippen LogP contribution in [0.25, 0.3) is 0 Å². The zero-order valence-electron chi connectivity index (χ0n) is 16.3. The molecule has 0 bridgehead atoms. The van der Waals surface area contributed by atoms with Gasteiger partial charge in [-0.3, -0.25) is 9.89 Å². The fourth-order valence-electron chi connectivity index (χ4n) is 3.10. The topological polar surface area (TPSA) is 52.1 Å². The van der Waals surface area contributed by atoms with Gasteiger partial charge in [-0.15, -0.1) is 24.0 Å². The molecule has 1 aromatic rings. The average Bonchev–Trinajstić information content (AvgIpc) is 2.65. The molecule has 1 fully saturated rings. The quantitative estimate of drug-likeness (QED) is 0.261. The molecule has 2 N–H and O–H groups in total. The number of piperazine rings is 1. The van der Waals surface area contributed by atoms with E-state index in [0.29, 0.717) is 6.61 Å². The minimum atomic E-state index is 0. The molecule has 1 aliphatic heterocycles. The van der Waals surface area contributed by atoms with Crippen LogP contribution in [0.1, 0.15) is 13.3 Å². The molecule has 7 heteroatoms. The third-order valence-electron chi connectivity index (χ3n) is 4.46. The van der Waals surface area contributed by atoms with Gasteiger partial charge < -0.3 is 20.3 Å². The molecule has 1 heterocycles. The Morgan fingerprint density at radius 1 is 1.19 bits per heavy atom. The first-order valence-electron chi connectivity index (χ1n) is 9.21. The van der Waals surface area contributed by atoms with E-state index < -0.39 is 0 Å². The zero-order chi connectivity index (χ0) is 17.9. The maximum absolute atomic E-state index is 5.14. The van der Waals surface area contributed by atoms with Crippen molar-refractivity contribution < 1.29 is 4.74 Å². The summed E-state index contributed by atoms with van der Waals surface area (Å²) in [5, 5.41) is 6.70. The van der Waals surface area contributed by atoms with E-state index in [0.717, 1.165) is 51.6 Å². The van der Waals surface area contributed by atoms with Gasteiger partial charge in [-0.25, -0.2) is 0 Å². The normalized spacial score (nSPS) is 16.7.